The van der Waals surface area contributed by atoms with Crippen molar-refractivity contribution in [3.05, 3.63) is 69.8 Å². The Labute approximate surface area is 211 Å². The van der Waals surface area contributed by atoms with Gasteiger partial charge in [-0.25, -0.2) is 26.6 Å². The highest BCUT2D eigenvalue weighted by Crippen LogP contribution is 2.33. The molecule has 3 aromatic rings. The van der Waals surface area contributed by atoms with Gasteiger partial charge in [-0.1, -0.05) is 18.2 Å². The third-order valence-corrected chi connectivity index (χ3v) is 7.84. The third-order valence-electron chi connectivity index (χ3n) is 5.86. The largest absolute Gasteiger partial charge is 0.483 e. The molecule has 1 saturated heterocycles. The number of halogens is 3. The van der Waals surface area contributed by atoms with Crippen molar-refractivity contribution in [2.24, 2.45) is 0 Å². The molecule has 0 bridgehead atoms. The number of aromatic nitrogens is 1. The molecule has 1 aliphatic rings. The SMILES string of the molecule is Cc1c(N(C)C2CCN(Cc3ccccc3F)C2)cc(F)c(S(=O)(=O)Nc2cscn2)c1F.O=CO. The molecule has 2 heterocycles. The van der Waals surface area contributed by atoms with Crippen LogP contribution in [-0.4, -0.2) is 56.1 Å². The summed E-state index contributed by atoms with van der Waals surface area (Å²) in [6.07, 6.45) is 0.721. The van der Waals surface area contributed by atoms with Gasteiger partial charge in [0, 0.05) is 54.9 Å². The molecule has 194 valence electrons. The maximum Gasteiger partial charge on any atom is 0.290 e. The summed E-state index contributed by atoms with van der Waals surface area (Å²) in [6.45, 7) is 2.91. The van der Waals surface area contributed by atoms with Crippen LogP contribution in [0.1, 0.15) is 17.5 Å². The summed E-state index contributed by atoms with van der Waals surface area (Å²) in [6, 6.07) is 7.56. The van der Waals surface area contributed by atoms with Crippen LogP contribution in [0.2, 0.25) is 0 Å². The second kappa shape index (κ2) is 11.7. The van der Waals surface area contributed by atoms with Gasteiger partial charge in [0.15, 0.2) is 16.5 Å². The molecule has 0 aliphatic carbocycles. The molecule has 1 unspecified atom stereocenters. The molecule has 4 rings (SSSR count). The van der Waals surface area contributed by atoms with Gasteiger partial charge in [-0.3, -0.25) is 14.4 Å². The molecule has 2 aromatic carbocycles. The number of rotatable bonds is 7. The quantitative estimate of drug-likeness (QED) is 0.434. The van der Waals surface area contributed by atoms with Crippen molar-refractivity contribution in [1.82, 2.24) is 9.88 Å². The summed E-state index contributed by atoms with van der Waals surface area (Å²) in [5.41, 5.74) is 2.31. The summed E-state index contributed by atoms with van der Waals surface area (Å²) >= 11 is 1.15. The van der Waals surface area contributed by atoms with Gasteiger partial charge >= 0.3 is 0 Å². The highest BCUT2D eigenvalue weighted by Gasteiger charge is 2.32. The van der Waals surface area contributed by atoms with Crippen LogP contribution in [0.5, 0.6) is 0 Å². The first-order valence-corrected chi connectivity index (χ1v) is 13.2. The standard InChI is InChI=1S/C22H23F3N4O2S2.CH2O2/c1-14-19(9-18(24)22(21(14)25)33(30,31)27-20-12-32-13-26-20)28(2)16-7-8-29(11-16)10-15-5-3-4-6-17(15)23;2-1-3/h3-6,9,12-13,16,27H,7-8,10-11H2,1-2H3;1H,(H,2,3). The molecule has 1 aromatic heterocycles. The number of sulfonamides is 1. The fourth-order valence-corrected chi connectivity index (χ4v) is 5.83. The zero-order valence-electron chi connectivity index (χ0n) is 19.5. The van der Waals surface area contributed by atoms with Crippen LogP contribution in [-0.2, 0) is 21.4 Å². The van der Waals surface area contributed by atoms with E-state index < -0.39 is 26.6 Å². The lowest BCUT2D eigenvalue weighted by molar-refractivity contribution is -0.122. The number of benzene rings is 2. The molecular weight excluding hydrogens is 517 g/mol. The average Bonchev–Trinajstić information content (AvgIpc) is 3.50. The van der Waals surface area contributed by atoms with Crippen LogP contribution >= 0.6 is 11.3 Å². The number of nitrogens with one attached hydrogen (secondary N) is 1. The van der Waals surface area contributed by atoms with E-state index in [1.165, 1.54) is 23.9 Å². The molecule has 13 heteroatoms. The summed E-state index contributed by atoms with van der Waals surface area (Å²) in [5.74, 6) is -2.58. The highest BCUT2D eigenvalue weighted by molar-refractivity contribution is 7.92. The zero-order valence-corrected chi connectivity index (χ0v) is 21.1. The molecule has 1 atom stereocenters. The van der Waals surface area contributed by atoms with E-state index in [2.05, 4.69) is 14.6 Å². The smallest absolute Gasteiger partial charge is 0.290 e. The van der Waals surface area contributed by atoms with Crippen LogP contribution in [0.4, 0.5) is 24.7 Å². The Bertz CT molecular complexity index is 1310. The van der Waals surface area contributed by atoms with Gasteiger partial charge in [0.2, 0.25) is 0 Å². The number of anilines is 2. The van der Waals surface area contributed by atoms with Crippen LogP contribution in [0, 0.1) is 24.4 Å². The van der Waals surface area contributed by atoms with Gasteiger partial charge in [-0.15, -0.1) is 11.3 Å². The minimum absolute atomic E-state index is 0.00134. The predicted octanol–water partition coefficient (Wildman–Crippen LogP) is 4.08. The molecule has 0 amide bonds. The number of likely N-dealkylation sites (tertiary alicyclic amines) is 1. The van der Waals surface area contributed by atoms with E-state index in [1.54, 1.807) is 30.1 Å². The van der Waals surface area contributed by atoms with Crippen molar-refractivity contribution in [1.29, 1.82) is 0 Å². The van der Waals surface area contributed by atoms with E-state index >= 15 is 4.39 Å². The van der Waals surface area contributed by atoms with Crippen LogP contribution < -0.4 is 9.62 Å². The van der Waals surface area contributed by atoms with Crippen molar-refractivity contribution < 1.29 is 31.5 Å². The predicted molar refractivity (Wildman–Crippen MR) is 131 cm³/mol. The molecule has 1 aliphatic heterocycles. The fraction of sp³-hybridized carbons (Fsp3) is 0.304. The first-order chi connectivity index (χ1) is 17.1. The van der Waals surface area contributed by atoms with E-state index in [9.17, 15) is 17.2 Å². The zero-order chi connectivity index (χ0) is 26.5. The monoisotopic (exact) mass is 542 g/mol. The van der Waals surface area contributed by atoms with Gasteiger partial charge in [0.1, 0.15) is 11.6 Å². The Morgan fingerprint density at radius 2 is 1.97 bits per heavy atom. The van der Waals surface area contributed by atoms with Gasteiger partial charge in [-0.2, -0.15) is 0 Å². The number of nitrogens with zero attached hydrogens (tertiary/aromatic N) is 3. The first-order valence-electron chi connectivity index (χ1n) is 10.7. The Hall–Kier alpha value is -3.16. The first kappa shape index (κ1) is 27.4. The van der Waals surface area contributed by atoms with Crippen molar-refractivity contribution in [3.8, 4) is 0 Å². The van der Waals surface area contributed by atoms with E-state index in [-0.39, 0.29) is 35.4 Å². The number of hydrogen-bond donors (Lipinski definition) is 2. The summed E-state index contributed by atoms with van der Waals surface area (Å²) in [5, 5.41) is 8.32. The van der Waals surface area contributed by atoms with Gasteiger partial charge in [-0.05, 0) is 25.5 Å². The number of hydrogen-bond acceptors (Lipinski definition) is 7. The van der Waals surface area contributed by atoms with E-state index in [4.69, 9.17) is 9.90 Å². The normalized spacial score (nSPS) is 15.8. The molecule has 2 N–H and O–H groups in total. The molecular formula is C23H25F3N4O4S2. The lowest BCUT2D eigenvalue weighted by Gasteiger charge is -2.29. The van der Waals surface area contributed by atoms with E-state index in [1.807, 2.05) is 0 Å². The van der Waals surface area contributed by atoms with Gasteiger partial charge < -0.3 is 10.0 Å². The maximum atomic E-state index is 15.1. The lowest BCUT2D eigenvalue weighted by atomic mass is 10.1. The lowest BCUT2D eigenvalue weighted by Crippen LogP contribution is -2.35. The number of thiazole rings is 1. The second-order valence-electron chi connectivity index (χ2n) is 8.11. The molecule has 0 saturated carbocycles. The summed E-state index contributed by atoms with van der Waals surface area (Å²) in [7, 11) is -2.77. The van der Waals surface area contributed by atoms with Gasteiger partial charge in [0.05, 0.1) is 5.51 Å². The molecule has 0 spiro atoms. The maximum absolute atomic E-state index is 15.1. The van der Waals surface area contributed by atoms with E-state index in [0.717, 1.165) is 23.8 Å². The summed E-state index contributed by atoms with van der Waals surface area (Å²) in [4.78, 5) is 15.0. The highest BCUT2D eigenvalue weighted by atomic mass is 32.2. The third kappa shape index (κ3) is 6.15. The molecule has 8 nitrogen and oxygen atoms in total. The summed E-state index contributed by atoms with van der Waals surface area (Å²) < 4.78 is 71.3. The van der Waals surface area contributed by atoms with E-state index in [0.29, 0.717) is 25.2 Å². The van der Waals surface area contributed by atoms with Crippen molar-refractivity contribution >= 4 is 39.3 Å². The molecule has 1 fully saturated rings. The van der Waals surface area contributed by atoms with Gasteiger partial charge in [0.25, 0.3) is 16.5 Å². The fourth-order valence-electron chi connectivity index (χ4n) is 4.08. The van der Waals surface area contributed by atoms with Crippen LogP contribution in [0.3, 0.4) is 0 Å². The average molecular weight is 543 g/mol. The Kier molecular flexibility index (Phi) is 8.93. The Morgan fingerprint density at radius 1 is 1.28 bits per heavy atom. The minimum Gasteiger partial charge on any atom is -0.483 e. The topological polar surface area (TPSA) is 103 Å². The Balaban J connectivity index is 0.00000115. The van der Waals surface area contributed by atoms with Crippen molar-refractivity contribution in [3.63, 3.8) is 0 Å². The molecule has 36 heavy (non-hydrogen) atoms. The number of carbonyl (C=O) groups is 1. The van der Waals surface area contributed by atoms with Crippen molar-refractivity contribution in [2.75, 3.05) is 29.8 Å². The second-order valence-corrected chi connectivity index (χ2v) is 10.4. The van der Waals surface area contributed by atoms with Crippen molar-refractivity contribution in [2.45, 2.75) is 30.8 Å². The minimum atomic E-state index is -4.49. The number of carboxylic acid groups (broad SMARTS) is 1. The Morgan fingerprint density at radius 3 is 2.61 bits per heavy atom. The number of likely N-dealkylation sites (N-methyl/N-ethyl adjacent to an activating group) is 1. The van der Waals surface area contributed by atoms with Crippen LogP contribution in [0.25, 0.3) is 0 Å². The molecule has 0 radical (unpaired) electrons. The van der Waals surface area contributed by atoms with Crippen LogP contribution in [0.15, 0.2) is 46.1 Å².